The van der Waals surface area contributed by atoms with Crippen molar-refractivity contribution in [2.75, 3.05) is 13.1 Å². The topological polar surface area (TPSA) is 41.1 Å². The van der Waals surface area contributed by atoms with E-state index in [1.54, 1.807) is 0 Å². The molecule has 0 saturated carbocycles. The second-order valence-corrected chi connectivity index (χ2v) is 4.79. The Kier molecular flexibility index (Phi) is 8.38. The molecule has 90 valence electrons. The normalized spacial score (nSPS) is 11.1. The van der Waals surface area contributed by atoms with Crippen LogP contribution >= 0.6 is 0 Å². The van der Waals surface area contributed by atoms with Crippen molar-refractivity contribution < 1.29 is 4.79 Å². The third-order valence-electron chi connectivity index (χ3n) is 2.12. The van der Waals surface area contributed by atoms with Crippen LogP contribution in [0.1, 0.15) is 47.0 Å². The summed E-state index contributed by atoms with van der Waals surface area (Å²) in [6.07, 6.45) is 3.68. The van der Waals surface area contributed by atoms with E-state index in [4.69, 9.17) is 0 Å². The maximum absolute atomic E-state index is 11.2. The number of unbranched alkanes of at least 4 members (excludes halogenated alkanes) is 1. The summed E-state index contributed by atoms with van der Waals surface area (Å²) in [5.41, 5.74) is 0. The fourth-order valence-electron chi connectivity index (χ4n) is 1.38. The second-order valence-electron chi connectivity index (χ2n) is 4.79. The van der Waals surface area contributed by atoms with Gasteiger partial charge in [-0.05, 0) is 32.7 Å². The Morgan fingerprint density at radius 1 is 1.13 bits per heavy atom. The Bertz CT molecular complexity index is 167. The van der Waals surface area contributed by atoms with Gasteiger partial charge in [-0.15, -0.1) is 0 Å². The maximum atomic E-state index is 11.2. The fraction of sp³-hybridized carbons (Fsp3) is 0.917. The highest BCUT2D eigenvalue weighted by molar-refractivity contribution is 5.78. The summed E-state index contributed by atoms with van der Waals surface area (Å²) >= 11 is 0. The highest BCUT2D eigenvalue weighted by Crippen LogP contribution is 2.04. The predicted octanol–water partition coefficient (Wildman–Crippen LogP) is 1.93. The minimum Gasteiger partial charge on any atom is -0.353 e. The summed E-state index contributed by atoms with van der Waals surface area (Å²) in [6.45, 7) is 9.81. The number of hydrogen-bond donors (Lipinski definition) is 2. The van der Waals surface area contributed by atoms with Gasteiger partial charge in [0, 0.05) is 6.04 Å². The number of carbonyl (C=O) groups is 1. The van der Waals surface area contributed by atoms with Crippen LogP contribution in [0.25, 0.3) is 0 Å². The van der Waals surface area contributed by atoms with Crippen molar-refractivity contribution in [2.24, 2.45) is 5.92 Å². The molecule has 3 heteroatoms. The van der Waals surface area contributed by atoms with E-state index in [2.05, 4.69) is 24.5 Å². The van der Waals surface area contributed by atoms with E-state index in [1.807, 2.05) is 13.8 Å². The Morgan fingerprint density at radius 3 is 2.33 bits per heavy atom. The Hall–Kier alpha value is -0.570. The molecule has 0 atom stereocenters. The van der Waals surface area contributed by atoms with Crippen LogP contribution in [-0.4, -0.2) is 25.0 Å². The van der Waals surface area contributed by atoms with Crippen molar-refractivity contribution in [2.45, 2.75) is 53.0 Å². The molecule has 0 unspecified atom stereocenters. The van der Waals surface area contributed by atoms with Gasteiger partial charge in [-0.2, -0.15) is 0 Å². The van der Waals surface area contributed by atoms with Crippen LogP contribution in [0.3, 0.4) is 0 Å². The zero-order valence-corrected chi connectivity index (χ0v) is 10.6. The van der Waals surface area contributed by atoms with E-state index < -0.39 is 0 Å². The average molecular weight is 214 g/mol. The molecule has 0 aromatic rings. The van der Waals surface area contributed by atoms with Gasteiger partial charge in [0.15, 0.2) is 0 Å². The molecule has 3 nitrogen and oxygen atoms in total. The number of carbonyl (C=O) groups excluding carboxylic acids is 1. The predicted molar refractivity (Wildman–Crippen MR) is 64.8 cm³/mol. The Morgan fingerprint density at radius 2 is 1.80 bits per heavy atom. The van der Waals surface area contributed by atoms with Crippen LogP contribution in [0.5, 0.6) is 0 Å². The van der Waals surface area contributed by atoms with Gasteiger partial charge in [0.2, 0.25) is 5.91 Å². The molecule has 0 rings (SSSR count). The van der Waals surface area contributed by atoms with E-state index >= 15 is 0 Å². The summed E-state index contributed by atoms with van der Waals surface area (Å²) in [4.78, 5) is 11.2. The zero-order chi connectivity index (χ0) is 11.7. The second kappa shape index (κ2) is 8.72. The SMILES string of the molecule is CC(C)CCCCNCC(=O)NC(C)C. The Balaban J connectivity index is 3.20. The highest BCUT2D eigenvalue weighted by atomic mass is 16.1. The minimum absolute atomic E-state index is 0.0915. The number of amides is 1. The van der Waals surface area contributed by atoms with Crippen molar-refractivity contribution in [1.29, 1.82) is 0 Å². The van der Waals surface area contributed by atoms with Crippen LogP contribution in [-0.2, 0) is 4.79 Å². The van der Waals surface area contributed by atoms with Crippen LogP contribution in [0, 0.1) is 5.92 Å². The average Bonchev–Trinajstić information content (AvgIpc) is 2.09. The van der Waals surface area contributed by atoms with Crippen LogP contribution in [0.15, 0.2) is 0 Å². The summed E-state index contributed by atoms with van der Waals surface area (Å²) in [5.74, 6) is 0.878. The van der Waals surface area contributed by atoms with E-state index in [-0.39, 0.29) is 11.9 Å². The van der Waals surface area contributed by atoms with Crippen molar-refractivity contribution in [1.82, 2.24) is 10.6 Å². The number of nitrogens with one attached hydrogen (secondary N) is 2. The standard InChI is InChI=1S/C12H26N2O/c1-10(2)7-5-6-8-13-9-12(15)14-11(3)4/h10-11,13H,5-9H2,1-4H3,(H,14,15). The maximum Gasteiger partial charge on any atom is 0.234 e. The summed E-state index contributed by atoms with van der Waals surface area (Å²) in [6, 6.07) is 0.236. The molecule has 0 fully saturated rings. The number of hydrogen-bond acceptors (Lipinski definition) is 2. The van der Waals surface area contributed by atoms with Gasteiger partial charge < -0.3 is 10.6 Å². The first-order valence-corrected chi connectivity index (χ1v) is 6.02. The lowest BCUT2D eigenvalue weighted by Gasteiger charge is -2.09. The molecule has 1 amide bonds. The smallest absolute Gasteiger partial charge is 0.234 e. The van der Waals surface area contributed by atoms with Gasteiger partial charge in [0.05, 0.1) is 6.54 Å². The van der Waals surface area contributed by atoms with Gasteiger partial charge >= 0.3 is 0 Å². The van der Waals surface area contributed by atoms with Gasteiger partial charge in [0.25, 0.3) is 0 Å². The highest BCUT2D eigenvalue weighted by Gasteiger charge is 2.01. The van der Waals surface area contributed by atoms with Crippen molar-refractivity contribution >= 4 is 5.91 Å². The molecule has 0 aliphatic carbocycles. The molecular weight excluding hydrogens is 188 g/mol. The third kappa shape index (κ3) is 11.4. The van der Waals surface area contributed by atoms with E-state index in [1.165, 1.54) is 12.8 Å². The molecular formula is C12H26N2O. The monoisotopic (exact) mass is 214 g/mol. The molecule has 0 bridgehead atoms. The molecule has 0 heterocycles. The number of rotatable bonds is 8. The lowest BCUT2D eigenvalue weighted by atomic mass is 10.1. The molecule has 0 saturated heterocycles. The first kappa shape index (κ1) is 14.4. The zero-order valence-electron chi connectivity index (χ0n) is 10.6. The molecule has 0 aliphatic rings. The molecule has 15 heavy (non-hydrogen) atoms. The van der Waals surface area contributed by atoms with Crippen molar-refractivity contribution in [3.05, 3.63) is 0 Å². The molecule has 0 aromatic heterocycles. The first-order valence-electron chi connectivity index (χ1n) is 6.02. The lowest BCUT2D eigenvalue weighted by molar-refractivity contribution is -0.120. The lowest BCUT2D eigenvalue weighted by Crippen LogP contribution is -2.37. The van der Waals surface area contributed by atoms with Gasteiger partial charge in [-0.25, -0.2) is 0 Å². The molecule has 0 aliphatic heterocycles. The quantitative estimate of drug-likeness (QED) is 0.606. The largest absolute Gasteiger partial charge is 0.353 e. The molecule has 0 radical (unpaired) electrons. The van der Waals surface area contributed by atoms with Gasteiger partial charge in [0.1, 0.15) is 0 Å². The summed E-state index contributed by atoms with van der Waals surface area (Å²) in [5, 5.41) is 6.00. The van der Waals surface area contributed by atoms with Gasteiger partial charge in [-0.3, -0.25) is 4.79 Å². The third-order valence-corrected chi connectivity index (χ3v) is 2.12. The van der Waals surface area contributed by atoms with Crippen molar-refractivity contribution in [3.8, 4) is 0 Å². The van der Waals surface area contributed by atoms with E-state index in [9.17, 15) is 4.79 Å². The Labute approximate surface area is 94.0 Å². The van der Waals surface area contributed by atoms with Crippen LogP contribution in [0.2, 0.25) is 0 Å². The van der Waals surface area contributed by atoms with Crippen LogP contribution < -0.4 is 10.6 Å². The van der Waals surface area contributed by atoms with E-state index in [0.29, 0.717) is 6.54 Å². The van der Waals surface area contributed by atoms with Gasteiger partial charge in [-0.1, -0.05) is 26.7 Å². The first-order chi connectivity index (χ1) is 7.02. The fourth-order valence-corrected chi connectivity index (χ4v) is 1.38. The van der Waals surface area contributed by atoms with Crippen LogP contribution in [0.4, 0.5) is 0 Å². The van der Waals surface area contributed by atoms with Crippen molar-refractivity contribution in [3.63, 3.8) is 0 Å². The molecule has 2 N–H and O–H groups in total. The molecule has 0 spiro atoms. The van der Waals surface area contributed by atoms with E-state index in [0.717, 1.165) is 18.9 Å². The molecule has 0 aromatic carbocycles. The minimum atomic E-state index is 0.0915. The summed E-state index contributed by atoms with van der Waals surface area (Å²) in [7, 11) is 0. The summed E-state index contributed by atoms with van der Waals surface area (Å²) < 4.78 is 0.